The molecule has 3 rings (SSSR count). The van der Waals surface area contributed by atoms with Gasteiger partial charge in [-0.2, -0.15) is 0 Å². The van der Waals surface area contributed by atoms with Crippen LogP contribution in [0.1, 0.15) is 17.5 Å². The maximum atomic E-state index is 6.16. The van der Waals surface area contributed by atoms with Gasteiger partial charge in [-0.25, -0.2) is 0 Å². The maximum absolute atomic E-state index is 6.16. The molecule has 1 N–H and O–H groups in total. The molecule has 7 heteroatoms. The Kier molecular flexibility index (Phi) is 8.03. The van der Waals surface area contributed by atoms with Crippen LogP contribution in [-0.2, 0) is 11.3 Å². The molecular weight excluding hydrogens is 392 g/mol. The highest BCUT2D eigenvalue weighted by molar-refractivity contribution is 7.80. The molecule has 1 saturated heterocycles. The number of pyridine rings is 1. The summed E-state index contributed by atoms with van der Waals surface area (Å²) < 4.78 is 5.43. The van der Waals surface area contributed by atoms with Crippen LogP contribution in [0.4, 0.5) is 5.69 Å². The third-order valence-corrected chi connectivity index (χ3v) is 5.43. The summed E-state index contributed by atoms with van der Waals surface area (Å²) in [6.07, 6.45) is 4.72. The van der Waals surface area contributed by atoms with Crippen molar-refractivity contribution in [3.63, 3.8) is 0 Å². The van der Waals surface area contributed by atoms with E-state index >= 15 is 0 Å². The number of hydrogen-bond donors (Lipinski definition) is 1. The number of nitrogens with zero attached hydrogens (tertiary/aromatic N) is 3. The SMILES string of the molecule is Cc1ccc(Cl)cc1NC(=S)N(CCCN1CCOCC1)Cc1cccnc1. The first-order valence-electron chi connectivity index (χ1n) is 9.63. The van der Waals surface area contributed by atoms with Gasteiger partial charge in [0.15, 0.2) is 5.11 Å². The van der Waals surface area contributed by atoms with Crippen molar-refractivity contribution >= 4 is 34.6 Å². The van der Waals surface area contributed by atoms with E-state index in [4.69, 9.17) is 28.6 Å². The van der Waals surface area contributed by atoms with Gasteiger partial charge in [-0.15, -0.1) is 0 Å². The van der Waals surface area contributed by atoms with Crippen molar-refractivity contribution in [1.82, 2.24) is 14.8 Å². The molecule has 2 aromatic rings. The van der Waals surface area contributed by atoms with Crippen molar-refractivity contribution in [2.75, 3.05) is 44.7 Å². The van der Waals surface area contributed by atoms with Crippen LogP contribution in [-0.4, -0.2) is 59.3 Å². The van der Waals surface area contributed by atoms with E-state index in [-0.39, 0.29) is 0 Å². The molecule has 0 unspecified atom stereocenters. The number of anilines is 1. The average molecular weight is 419 g/mol. The van der Waals surface area contributed by atoms with E-state index in [9.17, 15) is 0 Å². The third-order valence-electron chi connectivity index (χ3n) is 4.83. The Morgan fingerprint density at radius 1 is 1.32 bits per heavy atom. The molecule has 0 atom stereocenters. The van der Waals surface area contributed by atoms with Crippen LogP contribution in [0.25, 0.3) is 0 Å². The van der Waals surface area contributed by atoms with Gasteiger partial charge in [0.2, 0.25) is 0 Å². The summed E-state index contributed by atoms with van der Waals surface area (Å²) in [6, 6.07) is 9.84. The second-order valence-electron chi connectivity index (χ2n) is 6.98. The average Bonchev–Trinajstić information content (AvgIpc) is 2.71. The number of aryl methyl sites for hydroxylation is 1. The van der Waals surface area contributed by atoms with Crippen molar-refractivity contribution in [2.45, 2.75) is 19.9 Å². The molecule has 1 fully saturated rings. The van der Waals surface area contributed by atoms with Crippen LogP contribution < -0.4 is 5.32 Å². The van der Waals surface area contributed by atoms with E-state index in [0.717, 1.165) is 69.2 Å². The van der Waals surface area contributed by atoms with Gasteiger partial charge >= 0.3 is 0 Å². The van der Waals surface area contributed by atoms with E-state index in [0.29, 0.717) is 10.1 Å². The fourth-order valence-corrected chi connectivity index (χ4v) is 3.64. The minimum atomic E-state index is 0.696. The smallest absolute Gasteiger partial charge is 0.173 e. The van der Waals surface area contributed by atoms with Crippen molar-refractivity contribution in [3.8, 4) is 0 Å². The lowest BCUT2D eigenvalue weighted by molar-refractivity contribution is 0.0368. The lowest BCUT2D eigenvalue weighted by Crippen LogP contribution is -2.40. The molecule has 28 heavy (non-hydrogen) atoms. The Morgan fingerprint density at radius 2 is 2.14 bits per heavy atom. The van der Waals surface area contributed by atoms with Crippen LogP contribution in [0.15, 0.2) is 42.7 Å². The predicted molar refractivity (Wildman–Crippen MR) is 119 cm³/mol. The first-order valence-corrected chi connectivity index (χ1v) is 10.4. The summed E-state index contributed by atoms with van der Waals surface area (Å²) in [5.41, 5.74) is 3.20. The number of hydrogen-bond acceptors (Lipinski definition) is 4. The van der Waals surface area contributed by atoms with E-state index in [1.807, 2.05) is 37.4 Å². The number of aromatic nitrogens is 1. The monoisotopic (exact) mass is 418 g/mol. The molecule has 0 aliphatic carbocycles. The number of benzene rings is 1. The zero-order valence-electron chi connectivity index (χ0n) is 16.2. The first kappa shape index (κ1) is 21.0. The van der Waals surface area contributed by atoms with Gasteiger partial charge in [0.25, 0.3) is 0 Å². The molecular formula is C21H27ClN4OS. The number of ether oxygens (including phenoxy) is 1. The van der Waals surface area contributed by atoms with Gasteiger partial charge < -0.3 is 15.0 Å². The maximum Gasteiger partial charge on any atom is 0.173 e. The molecule has 1 aromatic heterocycles. The quantitative estimate of drug-likeness (QED) is 0.686. The minimum Gasteiger partial charge on any atom is -0.379 e. The Morgan fingerprint density at radius 3 is 2.89 bits per heavy atom. The Hall–Kier alpha value is -1.73. The normalized spacial score (nSPS) is 14.6. The number of nitrogens with one attached hydrogen (secondary N) is 1. The first-order chi connectivity index (χ1) is 13.6. The second-order valence-corrected chi connectivity index (χ2v) is 7.80. The minimum absolute atomic E-state index is 0.696. The van der Waals surface area contributed by atoms with Gasteiger partial charge in [-0.1, -0.05) is 23.7 Å². The lowest BCUT2D eigenvalue weighted by atomic mass is 10.2. The molecule has 150 valence electrons. The van der Waals surface area contributed by atoms with Crippen LogP contribution in [0, 0.1) is 6.92 Å². The van der Waals surface area contributed by atoms with Crippen molar-refractivity contribution < 1.29 is 4.74 Å². The van der Waals surface area contributed by atoms with Gasteiger partial charge in [-0.3, -0.25) is 9.88 Å². The highest BCUT2D eigenvalue weighted by Gasteiger charge is 2.14. The zero-order valence-corrected chi connectivity index (χ0v) is 17.8. The fraction of sp³-hybridized carbons (Fsp3) is 0.429. The molecule has 1 aliphatic heterocycles. The topological polar surface area (TPSA) is 40.6 Å². The van der Waals surface area contributed by atoms with E-state index in [1.165, 1.54) is 0 Å². The van der Waals surface area contributed by atoms with Crippen molar-refractivity contribution in [2.24, 2.45) is 0 Å². The summed E-state index contributed by atoms with van der Waals surface area (Å²) >= 11 is 11.9. The van der Waals surface area contributed by atoms with Crippen LogP contribution >= 0.6 is 23.8 Å². The largest absolute Gasteiger partial charge is 0.379 e. The standard InChI is InChI=1S/C21H27ClN4OS/c1-17-5-6-19(22)14-20(17)24-21(28)26(16-18-4-2-7-23-15-18)9-3-8-25-10-12-27-13-11-25/h2,4-7,14-15H,3,8-13,16H2,1H3,(H,24,28). The summed E-state index contributed by atoms with van der Waals surface area (Å²) in [6.45, 7) is 8.36. The van der Waals surface area contributed by atoms with Crippen LogP contribution in [0.3, 0.4) is 0 Å². The predicted octanol–water partition coefficient (Wildman–Crippen LogP) is 3.96. The van der Waals surface area contributed by atoms with E-state index in [1.54, 1.807) is 6.20 Å². The van der Waals surface area contributed by atoms with Crippen molar-refractivity contribution in [1.29, 1.82) is 0 Å². The molecule has 0 saturated carbocycles. The Balaban J connectivity index is 1.63. The molecule has 0 radical (unpaired) electrons. The van der Waals surface area contributed by atoms with Gasteiger partial charge in [0.05, 0.1) is 13.2 Å². The Bertz CT molecular complexity index is 768. The summed E-state index contributed by atoms with van der Waals surface area (Å²) in [5.74, 6) is 0. The zero-order chi connectivity index (χ0) is 19.8. The summed E-state index contributed by atoms with van der Waals surface area (Å²) in [5, 5.41) is 4.78. The van der Waals surface area contributed by atoms with Gasteiger partial charge in [-0.05, 0) is 54.9 Å². The number of thiocarbonyl (C=S) groups is 1. The number of morpholine rings is 1. The molecule has 0 spiro atoms. The van der Waals surface area contributed by atoms with Gasteiger partial charge in [0, 0.05) is 55.8 Å². The molecule has 0 amide bonds. The fourth-order valence-electron chi connectivity index (χ4n) is 3.20. The Labute approximate surface area is 177 Å². The second kappa shape index (κ2) is 10.7. The van der Waals surface area contributed by atoms with Gasteiger partial charge in [0.1, 0.15) is 0 Å². The highest BCUT2D eigenvalue weighted by atomic mass is 35.5. The third kappa shape index (κ3) is 6.41. The van der Waals surface area contributed by atoms with E-state index < -0.39 is 0 Å². The molecule has 0 bridgehead atoms. The van der Waals surface area contributed by atoms with E-state index in [2.05, 4.69) is 26.2 Å². The van der Waals surface area contributed by atoms with Crippen LogP contribution in [0.2, 0.25) is 5.02 Å². The van der Waals surface area contributed by atoms with Crippen molar-refractivity contribution in [3.05, 3.63) is 58.9 Å². The molecule has 5 nitrogen and oxygen atoms in total. The number of halogens is 1. The summed E-state index contributed by atoms with van der Waals surface area (Å²) in [7, 11) is 0. The highest BCUT2D eigenvalue weighted by Crippen LogP contribution is 2.21. The number of rotatable bonds is 7. The van der Waals surface area contributed by atoms with Crippen LogP contribution in [0.5, 0.6) is 0 Å². The molecule has 2 heterocycles. The lowest BCUT2D eigenvalue weighted by Gasteiger charge is -2.30. The molecule has 1 aromatic carbocycles. The molecule has 1 aliphatic rings. The summed E-state index contributed by atoms with van der Waals surface area (Å²) in [4.78, 5) is 8.88.